The van der Waals surface area contributed by atoms with Crippen LogP contribution in [0.5, 0.6) is 0 Å². The van der Waals surface area contributed by atoms with E-state index in [1.807, 2.05) is 0 Å². The van der Waals surface area contributed by atoms with Gasteiger partial charge in [-0.05, 0) is 12.1 Å². The van der Waals surface area contributed by atoms with E-state index in [1.54, 1.807) is 12.1 Å². The largest absolute Gasteiger partial charge is 0.469 e. The van der Waals surface area contributed by atoms with Gasteiger partial charge < -0.3 is 14.9 Å². The molecule has 12 heavy (non-hydrogen) atoms. The van der Waals surface area contributed by atoms with Crippen molar-refractivity contribution in [3.05, 3.63) is 24.2 Å². The fourth-order valence-corrected chi connectivity index (χ4v) is 0.866. The minimum atomic E-state index is -0.410. The van der Waals surface area contributed by atoms with Crippen molar-refractivity contribution in [1.29, 1.82) is 0 Å². The van der Waals surface area contributed by atoms with E-state index in [9.17, 15) is 4.79 Å². The highest BCUT2D eigenvalue weighted by molar-refractivity contribution is 5.70. The molecule has 1 unspecified atom stereocenters. The summed E-state index contributed by atoms with van der Waals surface area (Å²) in [6.45, 7) is 0. The Labute approximate surface area is 70.3 Å². The SMILES string of the molecule is COC(=O)CC(N)c1ccco1. The first-order valence-electron chi connectivity index (χ1n) is 3.60. The van der Waals surface area contributed by atoms with Gasteiger partial charge in [-0.15, -0.1) is 0 Å². The second-order valence-corrected chi connectivity index (χ2v) is 2.40. The van der Waals surface area contributed by atoms with Gasteiger partial charge in [-0.1, -0.05) is 0 Å². The summed E-state index contributed by atoms with van der Waals surface area (Å²) in [7, 11) is 1.33. The summed E-state index contributed by atoms with van der Waals surface area (Å²) in [4.78, 5) is 10.8. The van der Waals surface area contributed by atoms with E-state index in [-0.39, 0.29) is 12.4 Å². The first-order chi connectivity index (χ1) is 5.74. The monoisotopic (exact) mass is 169 g/mol. The molecule has 0 radical (unpaired) electrons. The zero-order chi connectivity index (χ0) is 8.97. The molecule has 0 aromatic carbocycles. The van der Waals surface area contributed by atoms with Gasteiger partial charge in [0, 0.05) is 0 Å². The van der Waals surface area contributed by atoms with E-state index >= 15 is 0 Å². The van der Waals surface area contributed by atoms with Crippen LogP contribution in [0.2, 0.25) is 0 Å². The van der Waals surface area contributed by atoms with E-state index in [1.165, 1.54) is 13.4 Å². The molecule has 4 nitrogen and oxygen atoms in total. The topological polar surface area (TPSA) is 65.5 Å². The molecule has 0 fully saturated rings. The molecule has 0 saturated carbocycles. The highest BCUT2D eigenvalue weighted by Crippen LogP contribution is 2.14. The highest BCUT2D eigenvalue weighted by Gasteiger charge is 2.13. The molecule has 1 heterocycles. The molecule has 0 bridgehead atoms. The average molecular weight is 169 g/mol. The number of hydrogen-bond donors (Lipinski definition) is 1. The fourth-order valence-electron chi connectivity index (χ4n) is 0.866. The fraction of sp³-hybridized carbons (Fsp3) is 0.375. The third kappa shape index (κ3) is 2.10. The predicted octanol–water partition coefficient (Wildman–Crippen LogP) is 0.842. The Morgan fingerprint density at radius 2 is 2.58 bits per heavy atom. The number of esters is 1. The van der Waals surface area contributed by atoms with E-state index in [2.05, 4.69) is 4.74 Å². The van der Waals surface area contributed by atoms with Crippen LogP contribution >= 0.6 is 0 Å². The number of rotatable bonds is 3. The van der Waals surface area contributed by atoms with Crippen LogP contribution in [0.3, 0.4) is 0 Å². The molecule has 0 amide bonds. The maximum absolute atomic E-state index is 10.8. The predicted molar refractivity (Wildman–Crippen MR) is 42.3 cm³/mol. The molecular formula is C8H11NO3. The number of carbonyl (C=O) groups is 1. The molecule has 1 rings (SSSR count). The quantitative estimate of drug-likeness (QED) is 0.681. The molecule has 0 aliphatic carbocycles. The smallest absolute Gasteiger partial charge is 0.307 e. The summed E-state index contributed by atoms with van der Waals surface area (Å²) >= 11 is 0. The lowest BCUT2D eigenvalue weighted by molar-refractivity contribution is -0.141. The minimum absolute atomic E-state index is 0.143. The number of ether oxygens (including phenoxy) is 1. The summed E-state index contributed by atoms with van der Waals surface area (Å²) in [5, 5.41) is 0. The standard InChI is InChI=1S/C8H11NO3/c1-11-8(10)5-6(9)7-3-2-4-12-7/h2-4,6H,5,9H2,1H3. The van der Waals surface area contributed by atoms with Gasteiger partial charge in [0.15, 0.2) is 0 Å². The third-order valence-corrected chi connectivity index (χ3v) is 1.52. The summed E-state index contributed by atoms with van der Waals surface area (Å²) < 4.78 is 9.47. The van der Waals surface area contributed by atoms with Crippen LogP contribution in [0.25, 0.3) is 0 Å². The molecule has 1 atom stereocenters. The summed E-state index contributed by atoms with van der Waals surface area (Å²) in [5.74, 6) is 0.263. The van der Waals surface area contributed by atoms with Crippen LogP contribution in [-0.2, 0) is 9.53 Å². The second-order valence-electron chi connectivity index (χ2n) is 2.40. The number of furan rings is 1. The highest BCUT2D eigenvalue weighted by atomic mass is 16.5. The van der Waals surface area contributed by atoms with Crippen molar-refractivity contribution < 1.29 is 13.9 Å². The van der Waals surface area contributed by atoms with Crippen molar-refractivity contribution in [2.24, 2.45) is 5.73 Å². The lowest BCUT2D eigenvalue weighted by Crippen LogP contribution is -2.15. The molecule has 1 aromatic rings. The Bertz CT molecular complexity index is 243. The first kappa shape index (κ1) is 8.80. The van der Waals surface area contributed by atoms with Crippen molar-refractivity contribution in [3.63, 3.8) is 0 Å². The van der Waals surface area contributed by atoms with Gasteiger partial charge in [0.1, 0.15) is 5.76 Å². The van der Waals surface area contributed by atoms with Gasteiger partial charge >= 0.3 is 5.97 Å². The van der Waals surface area contributed by atoms with Crippen LogP contribution in [0.15, 0.2) is 22.8 Å². The van der Waals surface area contributed by atoms with Crippen molar-refractivity contribution in [3.8, 4) is 0 Å². The Morgan fingerprint density at radius 3 is 3.08 bits per heavy atom. The van der Waals surface area contributed by atoms with Crippen molar-refractivity contribution in [2.75, 3.05) is 7.11 Å². The maximum Gasteiger partial charge on any atom is 0.307 e. The number of carbonyl (C=O) groups excluding carboxylic acids is 1. The van der Waals surface area contributed by atoms with E-state index in [4.69, 9.17) is 10.2 Å². The van der Waals surface area contributed by atoms with Gasteiger partial charge in [-0.2, -0.15) is 0 Å². The van der Waals surface area contributed by atoms with Crippen molar-refractivity contribution in [1.82, 2.24) is 0 Å². The lowest BCUT2D eigenvalue weighted by Gasteiger charge is -2.05. The van der Waals surface area contributed by atoms with E-state index in [0.717, 1.165) is 0 Å². The molecule has 0 aliphatic rings. The third-order valence-electron chi connectivity index (χ3n) is 1.52. The molecule has 0 spiro atoms. The summed E-state index contributed by atoms with van der Waals surface area (Å²) in [6.07, 6.45) is 1.66. The van der Waals surface area contributed by atoms with Crippen LogP contribution in [0.1, 0.15) is 18.2 Å². The Hall–Kier alpha value is -1.29. The van der Waals surface area contributed by atoms with Crippen molar-refractivity contribution >= 4 is 5.97 Å². The molecule has 0 saturated heterocycles. The molecule has 0 aliphatic heterocycles. The Kier molecular flexibility index (Phi) is 2.88. The molecule has 1 aromatic heterocycles. The average Bonchev–Trinajstić information content (AvgIpc) is 2.56. The Morgan fingerprint density at radius 1 is 1.83 bits per heavy atom. The molecule has 4 heteroatoms. The van der Waals surface area contributed by atoms with Crippen molar-refractivity contribution in [2.45, 2.75) is 12.5 Å². The van der Waals surface area contributed by atoms with E-state index in [0.29, 0.717) is 5.76 Å². The number of methoxy groups -OCH3 is 1. The summed E-state index contributed by atoms with van der Waals surface area (Å²) in [5.41, 5.74) is 5.62. The zero-order valence-electron chi connectivity index (χ0n) is 6.82. The van der Waals surface area contributed by atoms with Gasteiger partial charge in [0.2, 0.25) is 0 Å². The summed E-state index contributed by atoms with van der Waals surface area (Å²) in [6, 6.07) is 3.05. The molecular weight excluding hydrogens is 158 g/mol. The van der Waals surface area contributed by atoms with E-state index < -0.39 is 6.04 Å². The minimum Gasteiger partial charge on any atom is -0.469 e. The van der Waals surface area contributed by atoms with Gasteiger partial charge in [-0.3, -0.25) is 4.79 Å². The van der Waals surface area contributed by atoms with Crippen LogP contribution in [0.4, 0.5) is 0 Å². The van der Waals surface area contributed by atoms with Crippen LogP contribution in [0, 0.1) is 0 Å². The maximum atomic E-state index is 10.8. The number of nitrogens with two attached hydrogens (primary N) is 1. The van der Waals surface area contributed by atoms with Gasteiger partial charge in [0.05, 0.1) is 25.8 Å². The zero-order valence-corrected chi connectivity index (χ0v) is 6.82. The molecule has 2 N–H and O–H groups in total. The normalized spacial score (nSPS) is 12.5. The van der Waals surface area contributed by atoms with Gasteiger partial charge in [0.25, 0.3) is 0 Å². The van der Waals surface area contributed by atoms with Crippen LogP contribution in [-0.4, -0.2) is 13.1 Å². The number of hydrogen-bond acceptors (Lipinski definition) is 4. The Balaban J connectivity index is 2.49. The second kappa shape index (κ2) is 3.92. The first-order valence-corrected chi connectivity index (χ1v) is 3.60. The molecule has 66 valence electrons. The van der Waals surface area contributed by atoms with Gasteiger partial charge in [-0.25, -0.2) is 0 Å². The lowest BCUT2D eigenvalue weighted by atomic mass is 10.2. The van der Waals surface area contributed by atoms with Crippen LogP contribution < -0.4 is 5.73 Å².